The molecule has 2 N–H and O–H groups in total. The Morgan fingerprint density at radius 2 is 1.94 bits per heavy atom. The zero-order valence-corrected chi connectivity index (χ0v) is 10.9. The quantitative estimate of drug-likeness (QED) is 0.902. The third kappa shape index (κ3) is 4.56. The van der Waals surface area contributed by atoms with E-state index in [0.29, 0.717) is 5.69 Å². The molecular formula is C13H19F3N2. The molecule has 1 aromatic rings. The Hall–Kier alpha value is -1.23. The number of halogens is 3. The summed E-state index contributed by atoms with van der Waals surface area (Å²) in [5.41, 5.74) is 8.18. The van der Waals surface area contributed by atoms with Gasteiger partial charge in [0.1, 0.15) is 6.54 Å². The van der Waals surface area contributed by atoms with Crippen LogP contribution in [0.1, 0.15) is 18.1 Å². The van der Waals surface area contributed by atoms with Crippen molar-refractivity contribution in [1.82, 2.24) is 0 Å². The van der Waals surface area contributed by atoms with E-state index in [-0.39, 0.29) is 6.04 Å². The molecule has 0 bridgehead atoms. The van der Waals surface area contributed by atoms with Crippen LogP contribution in [0, 0.1) is 6.92 Å². The summed E-state index contributed by atoms with van der Waals surface area (Å²) in [5, 5.41) is 0. The van der Waals surface area contributed by atoms with Crippen LogP contribution in [0.5, 0.6) is 0 Å². The average Bonchev–Trinajstić information content (AvgIpc) is 2.13. The van der Waals surface area contributed by atoms with Gasteiger partial charge in [-0.1, -0.05) is 12.1 Å². The summed E-state index contributed by atoms with van der Waals surface area (Å²) in [6.45, 7) is 2.77. The van der Waals surface area contributed by atoms with Gasteiger partial charge in [0, 0.05) is 18.8 Å². The number of anilines is 1. The largest absolute Gasteiger partial charge is 0.405 e. The fourth-order valence-corrected chi connectivity index (χ4v) is 2.00. The molecule has 0 aliphatic rings. The van der Waals surface area contributed by atoms with Gasteiger partial charge in [0.2, 0.25) is 0 Å². The highest BCUT2D eigenvalue weighted by atomic mass is 19.4. The summed E-state index contributed by atoms with van der Waals surface area (Å²) < 4.78 is 36.9. The molecular weight excluding hydrogens is 241 g/mol. The van der Waals surface area contributed by atoms with Crippen molar-refractivity contribution in [2.45, 2.75) is 32.5 Å². The summed E-state index contributed by atoms with van der Waals surface area (Å²) in [7, 11) is 1.45. The minimum atomic E-state index is -4.19. The first-order chi connectivity index (χ1) is 8.19. The molecule has 0 radical (unpaired) electrons. The van der Waals surface area contributed by atoms with Gasteiger partial charge >= 0.3 is 6.18 Å². The number of alkyl halides is 3. The molecule has 0 saturated heterocycles. The molecule has 0 heterocycles. The van der Waals surface area contributed by atoms with Crippen LogP contribution in [0.15, 0.2) is 18.2 Å². The normalized spacial score (nSPS) is 13.5. The van der Waals surface area contributed by atoms with E-state index in [4.69, 9.17) is 5.73 Å². The molecule has 0 fully saturated rings. The van der Waals surface area contributed by atoms with Crippen LogP contribution >= 0.6 is 0 Å². The van der Waals surface area contributed by atoms with Crippen molar-refractivity contribution in [3.63, 3.8) is 0 Å². The van der Waals surface area contributed by atoms with Gasteiger partial charge in [-0.3, -0.25) is 0 Å². The molecule has 2 nitrogen and oxygen atoms in total. The second kappa shape index (κ2) is 5.61. The molecule has 1 atom stereocenters. The molecule has 102 valence electrons. The minimum absolute atomic E-state index is 0.0446. The van der Waals surface area contributed by atoms with E-state index >= 15 is 0 Å². The smallest absolute Gasteiger partial charge is 0.366 e. The second-order valence-electron chi connectivity index (χ2n) is 4.77. The monoisotopic (exact) mass is 260 g/mol. The zero-order chi connectivity index (χ0) is 13.9. The Kier molecular flexibility index (Phi) is 4.62. The van der Waals surface area contributed by atoms with Gasteiger partial charge in [-0.2, -0.15) is 13.2 Å². The lowest BCUT2D eigenvalue weighted by Crippen LogP contribution is -2.31. The first kappa shape index (κ1) is 14.8. The highest BCUT2D eigenvalue weighted by Gasteiger charge is 2.29. The van der Waals surface area contributed by atoms with Gasteiger partial charge in [-0.25, -0.2) is 0 Å². The predicted octanol–water partition coefficient (Wildman–Crippen LogP) is 2.88. The van der Waals surface area contributed by atoms with Gasteiger partial charge < -0.3 is 10.6 Å². The van der Waals surface area contributed by atoms with Gasteiger partial charge in [0.05, 0.1) is 0 Å². The van der Waals surface area contributed by atoms with E-state index < -0.39 is 12.7 Å². The molecule has 18 heavy (non-hydrogen) atoms. The van der Waals surface area contributed by atoms with E-state index in [2.05, 4.69) is 0 Å². The van der Waals surface area contributed by atoms with E-state index in [1.54, 1.807) is 6.07 Å². The predicted molar refractivity (Wildman–Crippen MR) is 67.9 cm³/mol. The van der Waals surface area contributed by atoms with Crippen molar-refractivity contribution in [3.8, 4) is 0 Å². The fourth-order valence-electron chi connectivity index (χ4n) is 2.00. The lowest BCUT2D eigenvalue weighted by molar-refractivity contribution is -0.119. The van der Waals surface area contributed by atoms with Crippen LogP contribution in [0.25, 0.3) is 0 Å². The van der Waals surface area contributed by atoms with Gasteiger partial charge in [0.15, 0.2) is 0 Å². The number of aryl methyl sites for hydroxylation is 1. The maximum Gasteiger partial charge on any atom is 0.405 e. The maximum absolute atomic E-state index is 12.3. The Morgan fingerprint density at radius 1 is 1.33 bits per heavy atom. The van der Waals surface area contributed by atoms with Crippen molar-refractivity contribution in [2.24, 2.45) is 5.73 Å². The number of nitrogens with two attached hydrogens (primary N) is 1. The number of benzene rings is 1. The molecule has 1 aromatic carbocycles. The van der Waals surface area contributed by atoms with E-state index in [9.17, 15) is 13.2 Å². The average molecular weight is 260 g/mol. The number of hydrogen-bond acceptors (Lipinski definition) is 2. The Labute approximate surface area is 106 Å². The van der Waals surface area contributed by atoms with Crippen LogP contribution in [-0.2, 0) is 6.42 Å². The van der Waals surface area contributed by atoms with Gasteiger partial charge in [0.25, 0.3) is 0 Å². The van der Waals surface area contributed by atoms with E-state index in [1.165, 1.54) is 11.9 Å². The van der Waals surface area contributed by atoms with E-state index in [1.807, 2.05) is 26.0 Å². The summed E-state index contributed by atoms with van der Waals surface area (Å²) in [4.78, 5) is 1.21. The van der Waals surface area contributed by atoms with Crippen LogP contribution in [0.3, 0.4) is 0 Å². The first-order valence-corrected chi connectivity index (χ1v) is 5.82. The maximum atomic E-state index is 12.3. The highest BCUT2D eigenvalue weighted by Crippen LogP contribution is 2.24. The molecule has 0 aliphatic carbocycles. The SMILES string of the molecule is Cc1cc(CC(C)N)ccc1N(C)CC(F)(F)F. The Balaban J connectivity index is 2.85. The van der Waals surface area contributed by atoms with E-state index in [0.717, 1.165) is 17.5 Å². The Morgan fingerprint density at radius 3 is 2.39 bits per heavy atom. The molecule has 0 aromatic heterocycles. The highest BCUT2D eigenvalue weighted by molar-refractivity contribution is 5.54. The third-order valence-corrected chi connectivity index (χ3v) is 2.65. The molecule has 5 heteroatoms. The van der Waals surface area contributed by atoms with Crippen LogP contribution in [0.4, 0.5) is 18.9 Å². The van der Waals surface area contributed by atoms with Crippen LogP contribution in [-0.4, -0.2) is 25.8 Å². The second-order valence-corrected chi connectivity index (χ2v) is 4.77. The summed E-state index contributed by atoms with van der Waals surface area (Å²) in [5.74, 6) is 0. The third-order valence-electron chi connectivity index (χ3n) is 2.65. The lowest BCUT2D eigenvalue weighted by Gasteiger charge is -2.23. The summed E-state index contributed by atoms with van der Waals surface area (Å²) in [6.07, 6.45) is -3.46. The van der Waals surface area contributed by atoms with Crippen molar-refractivity contribution >= 4 is 5.69 Å². The van der Waals surface area contributed by atoms with Crippen LogP contribution < -0.4 is 10.6 Å². The summed E-state index contributed by atoms with van der Waals surface area (Å²) >= 11 is 0. The zero-order valence-electron chi connectivity index (χ0n) is 10.9. The fraction of sp³-hybridized carbons (Fsp3) is 0.538. The molecule has 1 unspecified atom stereocenters. The minimum Gasteiger partial charge on any atom is -0.366 e. The van der Waals surface area contributed by atoms with Crippen molar-refractivity contribution in [1.29, 1.82) is 0 Å². The molecule has 1 rings (SSSR count). The number of nitrogens with zero attached hydrogens (tertiary/aromatic N) is 1. The molecule has 0 spiro atoms. The molecule has 0 amide bonds. The first-order valence-electron chi connectivity index (χ1n) is 5.82. The number of hydrogen-bond donors (Lipinski definition) is 1. The standard InChI is InChI=1S/C13H19F3N2/c1-9-6-11(7-10(2)17)4-5-12(9)18(3)8-13(14,15)16/h4-6,10H,7-8,17H2,1-3H3. The van der Waals surface area contributed by atoms with Crippen molar-refractivity contribution in [2.75, 3.05) is 18.5 Å². The lowest BCUT2D eigenvalue weighted by atomic mass is 10.0. The molecule has 0 saturated carbocycles. The van der Waals surface area contributed by atoms with Crippen molar-refractivity contribution < 1.29 is 13.2 Å². The van der Waals surface area contributed by atoms with Crippen LogP contribution in [0.2, 0.25) is 0 Å². The van der Waals surface area contributed by atoms with Gasteiger partial charge in [-0.05, 0) is 37.5 Å². The Bertz CT molecular complexity index is 400. The summed E-state index contributed by atoms with van der Waals surface area (Å²) in [6, 6.07) is 5.49. The van der Waals surface area contributed by atoms with Crippen molar-refractivity contribution in [3.05, 3.63) is 29.3 Å². The van der Waals surface area contributed by atoms with Gasteiger partial charge in [-0.15, -0.1) is 0 Å². The molecule has 0 aliphatic heterocycles. The number of rotatable bonds is 4. The topological polar surface area (TPSA) is 29.3 Å².